The molecule has 1 saturated heterocycles. The summed E-state index contributed by atoms with van der Waals surface area (Å²) in [7, 11) is 1.84. The van der Waals surface area contributed by atoms with E-state index in [0.29, 0.717) is 25.9 Å². The molecule has 2 amide bonds. The first-order chi connectivity index (χ1) is 10.0. The highest BCUT2D eigenvalue weighted by Gasteiger charge is 2.27. The fraction of sp³-hybridized carbons (Fsp3) is 0.533. The lowest BCUT2D eigenvalue weighted by Gasteiger charge is -2.30. The highest BCUT2D eigenvalue weighted by atomic mass is 16.2. The minimum Gasteiger partial charge on any atom is -0.339 e. The van der Waals surface area contributed by atoms with Crippen LogP contribution in [0.1, 0.15) is 25.5 Å². The highest BCUT2D eigenvalue weighted by molar-refractivity contribution is 5.93. The molecule has 0 aromatic carbocycles. The number of likely N-dealkylation sites (tertiary alicyclic amines) is 1. The molecule has 0 spiro atoms. The first-order valence-electron chi connectivity index (χ1n) is 7.29. The quantitative estimate of drug-likeness (QED) is 0.851. The summed E-state index contributed by atoms with van der Waals surface area (Å²) in [4.78, 5) is 25.6. The number of nitrogens with one attached hydrogen (secondary N) is 1. The van der Waals surface area contributed by atoms with Crippen LogP contribution in [0.5, 0.6) is 0 Å². The summed E-state index contributed by atoms with van der Waals surface area (Å²) >= 11 is 0. The van der Waals surface area contributed by atoms with Crippen LogP contribution < -0.4 is 5.32 Å². The maximum Gasteiger partial charge on any atom is 0.245 e. The second-order valence-electron chi connectivity index (χ2n) is 5.31. The molecule has 0 atom stereocenters. The molecule has 21 heavy (non-hydrogen) atoms. The number of rotatable bonds is 4. The molecule has 114 valence electrons. The maximum absolute atomic E-state index is 12.3. The zero-order valence-corrected chi connectivity index (χ0v) is 12.6. The summed E-state index contributed by atoms with van der Waals surface area (Å²) in [6.07, 6.45) is 5.31. The molecule has 2 rings (SSSR count). The molecule has 1 fully saturated rings. The van der Waals surface area contributed by atoms with Gasteiger partial charge in [0.05, 0.1) is 11.4 Å². The summed E-state index contributed by atoms with van der Waals surface area (Å²) in [5.41, 5.74) is 1.68. The van der Waals surface area contributed by atoms with Crippen molar-refractivity contribution in [2.45, 2.75) is 26.2 Å². The van der Waals surface area contributed by atoms with Crippen LogP contribution in [0.25, 0.3) is 0 Å². The largest absolute Gasteiger partial charge is 0.339 e. The number of nitrogens with zero attached hydrogens (tertiary/aromatic N) is 3. The molecular formula is C15H22N4O2. The molecule has 6 nitrogen and oxygen atoms in total. The van der Waals surface area contributed by atoms with E-state index in [1.807, 2.05) is 20.2 Å². The fourth-order valence-electron chi connectivity index (χ4n) is 2.63. The first-order valence-corrected chi connectivity index (χ1v) is 7.29. The fourth-order valence-corrected chi connectivity index (χ4v) is 2.63. The second kappa shape index (κ2) is 6.56. The summed E-state index contributed by atoms with van der Waals surface area (Å²) in [6.45, 7) is 6.71. The van der Waals surface area contributed by atoms with Crippen molar-refractivity contribution in [2.24, 2.45) is 13.0 Å². The van der Waals surface area contributed by atoms with Crippen molar-refractivity contribution in [1.82, 2.24) is 14.7 Å². The zero-order chi connectivity index (χ0) is 15.4. The van der Waals surface area contributed by atoms with Gasteiger partial charge < -0.3 is 10.2 Å². The van der Waals surface area contributed by atoms with Gasteiger partial charge in [-0.25, -0.2) is 0 Å². The Balaban J connectivity index is 1.93. The number of aryl methyl sites for hydroxylation is 2. The molecule has 0 radical (unpaired) electrons. The topological polar surface area (TPSA) is 67.2 Å². The summed E-state index contributed by atoms with van der Waals surface area (Å²) in [5.74, 6) is -0.0958. The van der Waals surface area contributed by atoms with Crippen molar-refractivity contribution in [3.8, 4) is 0 Å². The Bertz CT molecular complexity index is 542. The van der Waals surface area contributed by atoms with Gasteiger partial charge in [-0.1, -0.05) is 13.5 Å². The third-order valence-electron chi connectivity index (χ3n) is 3.85. The standard InChI is InChI=1S/C15H22N4O2/c1-4-12-13(10-18(3)17-12)16-15(21)11-6-8-19(9-7-11)14(20)5-2/h5,10-11H,2,4,6-9H2,1,3H3,(H,16,21). The lowest BCUT2D eigenvalue weighted by molar-refractivity contribution is -0.130. The van der Waals surface area contributed by atoms with Crippen LogP contribution >= 0.6 is 0 Å². The van der Waals surface area contributed by atoms with Gasteiger partial charge in [-0.3, -0.25) is 14.3 Å². The number of amides is 2. The first kappa shape index (κ1) is 15.3. The van der Waals surface area contributed by atoms with Crippen molar-refractivity contribution in [3.63, 3.8) is 0 Å². The predicted octanol–water partition coefficient (Wildman–Crippen LogP) is 1.35. The minimum atomic E-state index is -0.0608. The molecule has 0 aliphatic carbocycles. The number of hydrogen-bond donors (Lipinski definition) is 1. The summed E-state index contributed by atoms with van der Waals surface area (Å²) in [6, 6.07) is 0. The lowest BCUT2D eigenvalue weighted by Crippen LogP contribution is -2.40. The van der Waals surface area contributed by atoms with Crippen molar-refractivity contribution in [1.29, 1.82) is 0 Å². The SMILES string of the molecule is C=CC(=O)N1CCC(C(=O)Nc2cn(C)nc2CC)CC1. The van der Waals surface area contributed by atoms with Crippen LogP contribution in [0.3, 0.4) is 0 Å². The van der Waals surface area contributed by atoms with E-state index in [-0.39, 0.29) is 17.7 Å². The number of hydrogen-bond acceptors (Lipinski definition) is 3. The van der Waals surface area contributed by atoms with Crippen LogP contribution in [-0.4, -0.2) is 39.6 Å². The molecule has 0 unspecified atom stereocenters. The minimum absolute atomic E-state index is 0.0170. The van der Waals surface area contributed by atoms with E-state index in [2.05, 4.69) is 17.0 Å². The molecule has 1 aliphatic rings. The van der Waals surface area contributed by atoms with Crippen LogP contribution in [0.15, 0.2) is 18.9 Å². The Kier molecular flexibility index (Phi) is 4.77. The van der Waals surface area contributed by atoms with Crippen molar-refractivity contribution < 1.29 is 9.59 Å². The number of anilines is 1. The van der Waals surface area contributed by atoms with E-state index in [0.717, 1.165) is 17.8 Å². The molecule has 6 heteroatoms. The predicted molar refractivity (Wildman–Crippen MR) is 80.7 cm³/mol. The number of aromatic nitrogens is 2. The molecular weight excluding hydrogens is 268 g/mol. The summed E-state index contributed by atoms with van der Waals surface area (Å²) < 4.78 is 1.71. The van der Waals surface area contributed by atoms with E-state index in [1.54, 1.807) is 9.58 Å². The highest BCUT2D eigenvalue weighted by Crippen LogP contribution is 2.21. The van der Waals surface area contributed by atoms with Gasteiger partial charge in [-0.2, -0.15) is 5.10 Å². The van der Waals surface area contributed by atoms with Gasteiger partial charge in [-0.05, 0) is 25.3 Å². The molecule has 1 N–H and O–H groups in total. The van der Waals surface area contributed by atoms with E-state index in [1.165, 1.54) is 6.08 Å². The molecule has 0 saturated carbocycles. The average Bonchev–Trinajstić information content (AvgIpc) is 2.86. The van der Waals surface area contributed by atoms with Crippen LogP contribution in [0, 0.1) is 5.92 Å². The van der Waals surface area contributed by atoms with Gasteiger partial charge in [0, 0.05) is 32.3 Å². The average molecular weight is 290 g/mol. The Labute approximate surface area is 124 Å². The van der Waals surface area contributed by atoms with Crippen molar-refractivity contribution >= 4 is 17.5 Å². The van der Waals surface area contributed by atoms with Crippen molar-refractivity contribution in [3.05, 3.63) is 24.5 Å². The Morgan fingerprint density at radius 1 is 1.48 bits per heavy atom. The number of carbonyl (C=O) groups is 2. The Hall–Kier alpha value is -2.11. The van der Waals surface area contributed by atoms with Gasteiger partial charge in [-0.15, -0.1) is 0 Å². The monoisotopic (exact) mass is 290 g/mol. The van der Waals surface area contributed by atoms with Gasteiger partial charge >= 0.3 is 0 Å². The third-order valence-corrected chi connectivity index (χ3v) is 3.85. The normalized spacial score (nSPS) is 15.8. The lowest BCUT2D eigenvalue weighted by atomic mass is 9.95. The molecule has 1 aliphatic heterocycles. The van der Waals surface area contributed by atoms with E-state index < -0.39 is 0 Å². The Morgan fingerprint density at radius 2 is 2.14 bits per heavy atom. The molecule has 0 bridgehead atoms. The van der Waals surface area contributed by atoms with E-state index in [4.69, 9.17) is 0 Å². The van der Waals surface area contributed by atoms with Gasteiger partial charge in [0.15, 0.2) is 0 Å². The smallest absolute Gasteiger partial charge is 0.245 e. The number of carbonyl (C=O) groups excluding carboxylic acids is 2. The molecule has 1 aromatic heterocycles. The number of piperidine rings is 1. The third kappa shape index (κ3) is 3.51. The Morgan fingerprint density at radius 3 is 2.71 bits per heavy atom. The van der Waals surface area contributed by atoms with Crippen LogP contribution in [-0.2, 0) is 23.1 Å². The summed E-state index contributed by atoms with van der Waals surface area (Å²) in [5, 5.41) is 7.28. The van der Waals surface area contributed by atoms with E-state index in [9.17, 15) is 9.59 Å². The second-order valence-corrected chi connectivity index (χ2v) is 5.31. The maximum atomic E-state index is 12.3. The van der Waals surface area contributed by atoms with Gasteiger partial charge in [0.25, 0.3) is 0 Å². The zero-order valence-electron chi connectivity index (χ0n) is 12.6. The van der Waals surface area contributed by atoms with Crippen LogP contribution in [0.4, 0.5) is 5.69 Å². The van der Waals surface area contributed by atoms with E-state index >= 15 is 0 Å². The van der Waals surface area contributed by atoms with Gasteiger partial charge in [0.1, 0.15) is 0 Å². The van der Waals surface area contributed by atoms with Crippen molar-refractivity contribution in [2.75, 3.05) is 18.4 Å². The van der Waals surface area contributed by atoms with Gasteiger partial charge in [0.2, 0.25) is 11.8 Å². The molecule has 1 aromatic rings. The van der Waals surface area contributed by atoms with Crippen LogP contribution in [0.2, 0.25) is 0 Å². The molecule has 2 heterocycles.